The molecule has 4 heteroatoms. The average molecular weight is 246 g/mol. The van der Waals surface area contributed by atoms with Gasteiger partial charge in [0.1, 0.15) is 5.76 Å². The lowest BCUT2D eigenvalue weighted by molar-refractivity contribution is 0.167. The zero-order valence-corrected chi connectivity index (χ0v) is 10.3. The molecule has 0 aromatic carbocycles. The van der Waals surface area contributed by atoms with Crippen molar-refractivity contribution in [1.29, 1.82) is 0 Å². The summed E-state index contributed by atoms with van der Waals surface area (Å²) in [6, 6.07) is 6.77. The van der Waals surface area contributed by atoms with Crippen LogP contribution >= 0.6 is 0 Å². The molecule has 0 radical (unpaired) electrons. The molecule has 1 fully saturated rings. The summed E-state index contributed by atoms with van der Waals surface area (Å²) in [6.45, 7) is 1.40. The molecule has 1 aliphatic carbocycles. The van der Waals surface area contributed by atoms with Crippen LogP contribution < -0.4 is 5.73 Å². The van der Waals surface area contributed by atoms with Gasteiger partial charge in [0.2, 0.25) is 0 Å². The van der Waals surface area contributed by atoms with Crippen molar-refractivity contribution in [2.45, 2.75) is 31.5 Å². The molecule has 2 aromatic heterocycles. The van der Waals surface area contributed by atoms with E-state index in [4.69, 9.17) is 14.6 Å². The Labute approximate surface area is 106 Å². The van der Waals surface area contributed by atoms with Crippen LogP contribution in [0.15, 0.2) is 45.8 Å². The minimum absolute atomic E-state index is 0.210. The minimum atomic E-state index is 0.210. The molecule has 2 aromatic rings. The lowest BCUT2D eigenvalue weighted by Gasteiger charge is -2.29. The van der Waals surface area contributed by atoms with E-state index < -0.39 is 0 Å². The van der Waals surface area contributed by atoms with Crippen molar-refractivity contribution >= 4 is 0 Å². The number of nitrogens with two attached hydrogens (primary N) is 1. The van der Waals surface area contributed by atoms with Crippen LogP contribution in [0.2, 0.25) is 0 Å². The van der Waals surface area contributed by atoms with Crippen molar-refractivity contribution in [1.82, 2.24) is 4.90 Å². The summed E-state index contributed by atoms with van der Waals surface area (Å²) in [6.07, 6.45) is 7.70. The highest BCUT2D eigenvalue weighted by Gasteiger charge is 2.34. The molecule has 0 bridgehead atoms. The first-order valence-corrected chi connectivity index (χ1v) is 6.39. The Morgan fingerprint density at radius 2 is 2.22 bits per heavy atom. The van der Waals surface area contributed by atoms with Crippen LogP contribution in [-0.4, -0.2) is 17.5 Å². The molecular weight excluding hydrogens is 228 g/mol. The maximum absolute atomic E-state index is 5.95. The van der Waals surface area contributed by atoms with Gasteiger partial charge in [-0.2, -0.15) is 0 Å². The Hall–Kier alpha value is -1.52. The zero-order valence-electron chi connectivity index (χ0n) is 10.3. The van der Waals surface area contributed by atoms with Gasteiger partial charge in [0.25, 0.3) is 0 Å². The van der Waals surface area contributed by atoms with E-state index in [9.17, 15) is 0 Å². The summed E-state index contributed by atoms with van der Waals surface area (Å²) in [5.74, 6) is 0.990. The van der Waals surface area contributed by atoms with Gasteiger partial charge in [-0.25, -0.2) is 0 Å². The summed E-state index contributed by atoms with van der Waals surface area (Å²) < 4.78 is 10.6. The van der Waals surface area contributed by atoms with Crippen LogP contribution in [0.25, 0.3) is 0 Å². The van der Waals surface area contributed by atoms with Crippen molar-refractivity contribution in [3.05, 3.63) is 48.3 Å². The average Bonchev–Trinajstić information content (AvgIpc) is 2.89. The molecule has 1 saturated carbocycles. The van der Waals surface area contributed by atoms with E-state index in [2.05, 4.69) is 4.90 Å². The SMILES string of the molecule is NCC(c1ccoc1)N(Cc1ccco1)C1CC1. The van der Waals surface area contributed by atoms with Gasteiger partial charge in [-0.1, -0.05) is 0 Å². The van der Waals surface area contributed by atoms with Gasteiger partial charge in [-0.3, -0.25) is 4.90 Å². The summed E-state index contributed by atoms with van der Waals surface area (Å²) in [5.41, 5.74) is 7.09. The van der Waals surface area contributed by atoms with E-state index in [0.717, 1.165) is 17.9 Å². The second-order valence-corrected chi connectivity index (χ2v) is 4.79. The molecule has 96 valence electrons. The third-order valence-corrected chi connectivity index (χ3v) is 3.49. The Morgan fingerprint density at radius 3 is 2.78 bits per heavy atom. The molecule has 4 nitrogen and oxygen atoms in total. The highest BCUT2D eigenvalue weighted by Crippen LogP contribution is 2.35. The largest absolute Gasteiger partial charge is 0.472 e. The minimum Gasteiger partial charge on any atom is -0.472 e. The first-order chi connectivity index (χ1) is 8.88. The van der Waals surface area contributed by atoms with E-state index >= 15 is 0 Å². The molecule has 0 aliphatic heterocycles. The first-order valence-electron chi connectivity index (χ1n) is 6.39. The number of hydrogen-bond acceptors (Lipinski definition) is 4. The van der Waals surface area contributed by atoms with E-state index in [-0.39, 0.29) is 6.04 Å². The normalized spacial score (nSPS) is 17.2. The van der Waals surface area contributed by atoms with Gasteiger partial charge in [0.05, 0.1) is 31.4 Å². The van der Waals surface area contributed by atoms with Gasteiger partial charge < -0.3 is 14.6 Å². The van der Waals surface area contributed by atoms with Crippen molar-refractivity contribution in [3.63, 3.8) is 0 Å². The smallest absolute Gasteiger partial charge is 0.117 e. The molecule has 2 heterocycles. The van der Waals surface area contributed by atoms with Crippen LogP contribution in [-0.2, 0) is 6.54 Å². The zero-order chi connectivity index (χ0) is 12.4. The second kappa shape index (κ2) is 5.00. The Morgan fingerprint density at radius 1 is 1.33 bits per heavy atom. The number of rotatable bonds is 6. The van der Waals surface area contributed by atoms with Gasteiger partial charge in [-0.15, -0.1) is 0 Å². The Bertz CT molecular complexity index is 460. The fraction of sp³-hybridized carbons (Fsp3) is 0.429. The van der Waals surface area contributed by atoms with E-state index in [0.29, 0.717) is 12.6 Å². The molecule has 18 heavy (non-hydrogen) atoms. The molecule has 0 amide bonds. The third-order valence-electron chi connectivity index (χ3n) is 3.49. The van der Waals surface area contributed by atoms with Crippen molar-refractivity contribution in [2.24, 2.45) is 5.73 Å². The maximum Gasteiger partial charge on any atom is 0.117 e. The lowest BCUT2D eigenvalue weighted by Crippen LogP contribution is -2.34. The van der Waals surface area contributed by atoms with E-state index in [1.54, 1.807) is 18.8 Å². The highest BCUT2D eigenvalue weighted by atomic mass is 16.3. The summed E-state index contributed by atoms with van der Waals surface area (Å²) in [5, 5.41) is 0. The van der Waals surface area contributed by atoms with E-state index in [1.165, 1.54) is 12.8 Å². The van der Waals surface area contributed by atoms with Crippen LogP contribution in [0.4, 0.5) is 0 Å². The topological polar surface area (TPSA) is 55.5 Å². The Kier molecular flexibility index (Phi) is 3.21. The Balaban J connectivity index is 1.79. The van der Waals surface area contributed by atoms with Gasteiger partial charge in [-0.05, 0) is 31.0 Å². The molecule has 1 atom stereocenters. The number of hydrogen-bond donors (Lipinski definition) is 1. The molecule has 0 spiro atoms. The van der Waals surface area contributed by atoms with Crippen molar-refractivity contribution < 1.29 is 8.83 Å². The highest BCUT2D eigenvalue weighted by molar-refractivity contribution is 5.14. The van der Waals surface area contributed by atoms with Crippen molar-refractivity contribution in [3.8, 4) is 0 Å². The van der Waals surface area contributed by atoms with Crippen molar-refractivity contribution in [2.75, 3.05) is 6.54 Å². The fourth-order valence-electron chi connectivity index (χ4n) is 2.41. The fourth-order valence-corrected chi connectivity index (χ4v) is 2.41. The summed E-state index contributed by atoms with van der Waals surface area (Å²) in [7, 11) is 0. The number of furan rings is 2. The number of nitrogens with zero attached hydrogens (tertiary/aromatic N) is 1. The predicted octanol–water partition coefficient (Wildman–Crippen LogP) is 2.54. The van der Waals surface area contributed by atoms with Crippen LogP contribution in [0.1, 0.15) is 30.2 Å². The maximum atomic E-state index is 5.95. The summed E-state index contributed by atoms with van der Waals surface area (Å²) >= 11 is 0. The van der Waals surface area contributed by atoms with Gasteiger partial charge in [0.15, 0.2) is 0 Å². The van der Waals surface area contributed by atoms with Crippen LogP contribution in [0.5, 0.6) is 0 Å². The molecule has 2 N–H and O–H groups in total. The van der Waals surface area contributed by atoms with Crippen LogP contribution in [0, 0.1) is 0 Å². The lowest BCUT2D eigenvalue weighted by atomic mass is 10.1. The predicted molar refractivity (Wildman–Crippen MR) is 67.8 cm³/mol. The second-order valence-electron chi connectivity index (χ2n) is 4.79. The van der Waals surface area contributed by atoms with Gasteiger partial charge in [0, 0.05) is 18.2 Å². The molecular formula is C14H18N2O2. The first kappa shape index (κ1) is 11.6. The summed E-state index contributed by atoms with van der Waals surface area (Å²) in [4.78, 5) is 2.42. The van der Waals surface area contributed by atoms with Gasteiger partial charge >= 0.3 is 0 Å². The monoisotopic (exact) mass is 246 g/mol. The third kappa shape index (κ3) is 2.35. The van der Waals surface area contributed by atoms with E-state index in [1.807, 2.05) is 18.2 Å². The molecule has 1 unspecified atom stereocenters. The van der Waals surface area contributed by atoms with Crippen LogP contribution in [0.3, 0.4) is 0 Å². The standard InChI is InChI=1S/C14H18N2O2/c15-8-14(11-5-7-17-10-11)16(12-3-4-12)9-13-2-1-6-18-13/h1-2,5-7,10,12,14H,3-4,8-9,15H2. The molecule has 3 rings (SSSR count). The quantitative estimate of drug-likeness (QED) is 0.851. The molecule has 1 aliphatic rings. The molecule has 0 saturated heterocycles.